The minimum absolute atomic E-state index is 0.172. The summed E-state index contributed by atoms with van der Waals surface area (Å²) >= 11 is 12.5. The number of hydrogen-bond donors (Lipinski definition) is 0. The molecule has 1 fully saturated rings. The second kappa shape index (κ2) is 8.45. The minimum Gasteiger partial charge on any atom is -0.293 e. The lowest BCUT2D eigenvalue weighted by molar-refractivity contribution is 0.0903. The molecule has 0 bridgehead atoms. The van der Waals surface area contributed by atoms with Crippen molar-refractivity contribution in [2.45, 2.75) is 51.1 Å². The predicted octanol–water partition coefficient (Wildman–Crippen LogP) is 7.16. The van der Waals surface area contributed by atoms with Crippen LogP contribution < -0.4 is 0 Å². The summed E-state index contributed by atoms with van der Waals surface area (Å²) < 4.78 is 13.7. The fourth-order valence-electron chi connectivity index (χ4n) is 4.05. The standard InChI is InChI=1S/C22H22Cl2O3P/c1-14-8-6-9-15(2)18(14)21(26)28(27)22(12-4-3-5-13-22)20(25)19-16(23)10-7-11-17(19)24/h6-11H,3-5,12-13H2,1-2H3. The number of aryl methyl sites for hydroxylation is 2. The van der Waals surface area contributed by atoms with E-state index in [1.165, 1.54) is 0 Å². The average Bonchev–Trinajstić information content (AvgIpc) is 2.67. The zero-order valence-electron chi connectivity index (χ0n) is 15.9. The molecule has 1 saturated carbocycles. The van der Waals surface area contributed by atoms with Crippen LogP contribution in [0.5, 0.6) is 0 Å². The Morgan fingerprint density at radius 2 is 1.36 bits per heavy atom. The highest BCUT2D eigenvalue weighted by Crippen LogP contribution is 2.54. The van der Waals surface area contributed by atoms with E-state index in [1.54, 1.807) is 18.2 Å². The van der Waals surface area contributed by atoms with Gasteiger partial charge >= 0.3 is 0 Å². The molecular weight excluding hydrogens is 414 g/mol. The Morgan fingerprint density at radius 1 is 0.857 bits per heavy atom. The summed E-state index contributed by atoms with van der Waals surface area (Å²) in [6.45, 7) is 3.65. The van der Waals surface area contributed by atoms with Crippen LogP contribution in [0.4, 0.5) is 0 Å². The van der Waals surface area contributed by atoms with Crippen molar-refractivity contribution in [1.82, 2.24) is 0 Å². The molecule has 2 aromatic carbocycles. The van der Waals surface area contributed by atoms with Crippen molar-refractivity contribution in [2.75, 3.05) is 0 Å². The van der Waals surface area contributed by atoms with Crippen molar-refractivity contribution in [3.8, 4) is 0 Å². The molecule has 0 aliphatic heterocycles. The summed E-state index contributed by atoms with van der Waals surface area (Å²) in [7, 11) is -2.50. The molecule has 3 rings (SSSR count). The summed E-state index contributed by atoms with van der Waals surface area (Å²) in [6.07, 6.45) is 3.24. The lowest BCUT2D eigenvalue weighted by atomic mass is 9.82. The molecule has 3 nitrogen and oxygen atoms in total. The van der Waals surface area contributed by atoms with Gasteiger partial charge in [-0.3, -0.25) is 14.2 Å². The fraction of sp³-hybridized carbons (Fsp3) is 0.364. The predicted molar refractivity (Wildman–Crippen MR) is 114 cm³/mol. The van der Waals surface area contributed by atoms with Crippen LogP contribution in [0, 0.1) is 13.8 Å². The Balaban J connectivity index is 2.11. The first kappa shape index (κ1) is 21.2. The highest BCUT2D eigenvalue weighted by atomic mass is 35.5. The number of carbonyl (C=O) groups is 2. The highest BCUT2D eigenvalue weighted by Gasteiger charge is 2.50. The summed E-state index contributed by atoms with van der Waals surface area (Å²) in [5, 5.41) is -0.802. The van der Waals surface area contributed by atoms with Gasteiger partial charge in [0.25, 0.3) is 0 Å². The molecule has 0 heterocycles. The maximum absolute atomic E-state index is 13.7. The molecule has 0 saturated heterocycles. The molecule has 28 heavy (non-hydrogen) atoms. The van der Waals surface area contributed by atoms with Gasteiger partial charge in [0.05, 0.1) is 15.6 Å². The van der Waals surface area contributed by atoms with E-state index < -0.39 is 18.5 Å². The first-order valence-electron chi connectivity index (χ1n) is 9.36. The molecule has 0 spiro atoms. The molecular formula is C22H22Cl2O3P. The van der Waals surface area contributed by atoms with E-state index in [2.05, 4.69) is 0 Å². The van der Waals surface area contributed by atoms with Gasteiger partial charge in [0.2, 0.25) is 5.52 Å². The lowest BCUT2D eigenvalue weighted by Crippen LogP contribution is -2.39. The van der Waals surface area contributed by atoms with E-state index >= 15 is 0 Å². The number of rotatable bonds is 5. The second-order valence-electron chi connectivity index (χ2n) is 7.38. The lowest BCUT2D eigenvalue weighted by Gasteiger charge is -2.34. The normalized spacial score (nSPS) is 16.5. The Hall–Kier alpha value is -1.54. The van der Waals surface area contributed by atoms with Crippen molar-refractivity contribution in [1.29, 1.82) is 0 Å². The van der Waals surface area contributed by atoms with Gasteiger partial charge in [-0.1, -0.05) is 66.7 Å². The van der Waals surface area contributed by atoms with Crippen LogP contribution in [0.3, 0.4) is 0 Å². The molecule has 0 amide bonds. The van der Waals surface area contributed by atoms with Crippen LogP contribution in [-0.2, 0) is 4.57 Å². The zero-order chi connectivity index (χ0) is 20.5. The summed E-state index contributed by atoms with van der Waals surface area (Å²) in [4.78, 5) is 26.9. The maximum Gasteiger partial charge on any atom is 0.243 e. The number of benzene rings is 2. The molecule has 1 atom stereocenters. The monoisotopic (exact) mass is 435 g/mol. The van der Waals surface area contributed by atoms with Gasteiger partial charge in [-0.15, -0.1) is 0 Å². The molecule has 0 N–H and O–H groups in total. The molecule has 1 aliphatic carbocycles. The molecule has 2 aromatic rings. The first-order valence-corrected chi connectivity index (χ1v) is 11.4. The Labute approximate surface area is 176 Å². The van der Waals surface area contributed by atoms with Crippen LogP contribution in [0.1, 0.15) is 63.9 Å². The molecule has 1 aliphatic rings. The number of halogens is 2. The van der Waals surface area contributed by atoms with Gasteiger partial charge in [0, 0.05) is 5.56 Å². The topological polar surface area (TPSA) is 51.2 Å². The molecule has 1 radical (unpaired) electrons. The van der Waals surface area contributed by atoms with E-state index in [0.29, 0.717) is 18.4 Å². The van der Waals surface area contributed by atoms with Crippen LogP contribution in [-0.4, -0.2) is 16.5 Å². The third-order valence-corrected chi connectivity index (χ3v) is 8.21. The summed E-state index contributed by atoms with van der Waals surface area (Å²) in [5.41, 5.74) is 1.70. The largest absolute Gasteiger partial charge is 0.293 e. The smallest absolute Gasteiger partial charge is 0.243 e. The van der Waals surface area contributed by atoms with E-state index in [9.17, 15) is 14.2 Å². The quantitative estimate of drug-likeness (QED) is 0.369. The van der Waals surface area contributed by atoms with E-state index in [4.69, 9.17) is 23.2 Å². The Bertz CT molecular complexity index is 922. The molecule has 0 aromatic heterocycles. The molecule has 6 heteroatoms. The number of hydrogen-bond acceptors (Lipinski definition) is 3. The van der Waals surface area contributed by atoms with Gasteiger partial charge in [-0.05, 0) is 49.9 Å². The fourth-order valence-corrected chi connectivity index (χ4v) is 6.59. The van der Waals surface area contributed by atoms with Gasteiger partial charge in [-0.2, -0.15) is 0 Å². The van der Waals surface area contributed by atoms with Crippen LogP contribution in [0.15, 0.2) is 36.4 Å². The van der Waals surface area contributed by atoms with Crippen molar-refractivity contribution in [2.24, 2.45) is 0 Å². The van der Waals surface area contributed by atoms with Crippen LogP contribution >= 0.6 is 31.0 Å². The third kappa shape index (κ3) is 3.68. The van der Waals surface area contributed by atoms with E-state index in [1.807, 2.05) is 32.0 Å². The average molecular weight is 436 g/mol. The number of carbonyl (C=O) groups excluding carboxylic acids is 2. The van der Waals surface area contributed by atoms with Crippen molar-refractivity contribution < 1.29 is 14.2 Å². The maximum atomic E-state index is 13.7. The van der Waals surface area contributed by atoms with E-state index in [-0.39, 0.29) is 21.4 Å². The van der Waals surface area contributed by atoms with Crippen molar-refractivity contribution >= 4 is 42.3 Å². The van der Waals surface area contributed by atoms with Crippen molar-refractivity contribution in [3.05, 3.63) is 68.7 Å². The molecule has 1 unspecified atom stereocenters. The summed E-state index contributed by atoms with van der Waals surface area (Å²) in [5.74, 6) is -0.372. The van der Waals surface area contributed by atoms with Crippen LogP contribution in [0.2, 0.25) is 10.0 Å². The van der Waals surface area contributed by atoms with Crippen molar-refractivity contribution in [3.63, 3.8) is 0 Å². The Kier molecular flexibility index (Phi) is 6.39. The zero-order valence-corrected chi connectivity index (χ0v) is 18.3. The highest BCUT2D eigenvalue weighted by molar-refractivity contribution is 7.67. The minimum atomic E-state index is -2.50. The summed E-state index contributed by atoms with van der Waals surface area (Å²) in [6, 6.07) is 10.4. The van der Waals surface area contributed by atoms with Gasteiger partial charge in [0.1, 0.15) is 5.16 Å². The number of Topliss-reactive ketones (excluding diaryl/α,β-unsaturated/α-hetero) is 1. The van der Waals surface area contributed by atoms with Gasteiger partial charge in [0.15, 0.2) is 13.6 Å². The Morgan fingerprint density at radius 3 is 1.89 bits per heavy atom. The SMILES string of the molecule is Cc1cccc(C)c1C(=O)[P](=O)C1(C(=O)c2c(Cl)cccc2Cl)CCCCC1. The van der Waals surface area contributed by atoms with Gasteiger partial charge < -0.3 is 0 Å². The van der Waals surface area contributed by atoms with Gasteiger partial charge in [-0.25, -0.2) is 0 Å². The molecule has 147 valence electrons. The first-order chi connectivity index (χ1) is 13.3. The second-order valence-corrected chi connectivity index (χ2v) is 10.0. The third-order valence-electron chi connectivity index (χ3n) is 5.56. The number of ketones is 1. The van der Waals surface area contributed by atoms with E-state index in [0.717, 1.165) is 30.4 Å². The van der Waals surface area contributed by atoms with Crippen LogP contribution in [0.25, 0.3) is 0 Å².